The van der Waals surface area contributed by atoms with Gasteiger partial charge in [0, 0.05) is 13.0 Å². The summed E-state index contributed by atoms with van der Waals surface area (Å²) >= 11 is 0. The molecule has 0 bridgehead atoms. The van der Waals surface area contributed by atoms with Gasteiger partial charge in [0.1, 0.15) is 5.60 Å². The van der Waals surface area contributed by atoms with Crippen LogP contribution in [0.25, 0.3) is 0 Å². The van der Waals surface area contributed by atoms with Gasteiger partial charge in [-0.3, -0.25) is 0 Å². The van der Waals surface area contributed by atoms with Crippen LogP contribution < -0.4 is 0 Å². The molecule has 0 saturated heterocycles. The van der Waals surface area contributed by atoms with E-state index in [1.54, 1.807) is 7.11 Å². The molecule has 5 heteroatoms. The first kappa shape index (κ1) is 11.2. The molecule has 3 rings (SSSR count). The topological polar surface area (TPSA) is 68.4 Å². The van der Waals surface area contributed by atoms with Gasteiger partial charge in [0.2, 0.25) is 11.7 Å². The summed E-state index contributed by atoms with van der Waals surface area (Å²) in [4.78, 5) is 4.48. The molecular weight excluding hydrogens is 220 g/mol. The highest BCUT2D eigenvalue weighted by atomic mass is 16.5. The summed E-state index contributed by atoms with van der Waals surface area (Å²) in [5, 5.41) is 13.4. The van der Waals surface area contributed by atoms with Gasteiger partial charge in [-0.05, 0) is 38.5 Å². The number of ether oxygens (including phenoxy) is 1. The van der Waals surface area contributed by atoms with Crippen LogP contribution >= 0.6 is 0 Å². The van der Waals surface area contributed by atoms with E-state index in [9.17, 15) is 5.11 Å². The minimum atomic E-state index is -0.329. The molecule has 2 saturated carbocycles. The van der Waals surface area contributed by atoms with Gasteiger partial charge >= 0.3 is 0 Å². The van der Waals surface area contributed by atoms with Crippen LogP contribution in [0.15, 0.2) is 4.52 Å². The lowest BCUT2D eigenvalue weighted by Crippen LogP contribution is -2.28. The third-order valence-corrected chi connectivity index (χ3v) is 4.11. The van der Waals surface area contributed by atoms with Gasteiger partial charge in [0.15, 0.2) is 0 Å². The Bertz CT molecular complexity index is 392. The third kappa shape index (κ3) is 1.77. The number of aromatic nitrogens is 2. The number of methoxy groups -OCH3 is 1. The van der Waals surface area contributed by atoms with Crippen LogP contribution in [0.3, 0.4) is 0 Å². The van der Waals surface area contributed by atoms with Crippen molar-refractivity contribution in [2.75, 3.05) is 7.11 Å². The van der Waals surface area contributed by atoms with Crippen molar-refractivity contribution in [2.24, 2.45) is 0 Å². The van der Waals surface area contributed by atoms with Crippen molar-refractivity contribution in [2.45, 2.75) is 56.1 Å². The molecule has 0 aliphatic heterocycles. The maximum absolute atomic E-state index is 9.28. The minimum absolute atomic E-state index is 0.196. The Morgan fingerprint density at radius 3 is 2.65 bits per heavy atom. The minimum Gasteiger partial charge on any atom is -0.393 e. The molecule has 1 N–H and O–H groups in total. The molecule has 0 radical (unpaired) electrons. The quantitative estimate of drug-likeness (QED) is 0.868. The summed E-state index contributed by atoms with van der Waals surface area (Å²) < 4.78 is 10.9. The average Bonchev–Trinajstić information content (AvgIpc) is 2.94. The summed E-state index contributed by atoms with van der Waals surface area (Å²) in [6, 6.07) is 0. The Hall–Kier alpha value is -0.940. The summed E-state index contributed by atoms with van der Waals surface area (Å²) in [6.45, 7) is 0. The second kappa shape index (κ2) is 4.07. The van der Waals surface area contributed by atoms with Crippen LogP contribution in [0.5, 0.6) is 0 Å². The van der Waals surface area contributed by atoms with Crippen molar-refractivity contribution in [3.63, 3.8) is 0 Å². The number of hydrogen-bond acceptors (Lipinski definition) is 5. The average molecular weight is 238 g/mol. The van der Waals surface area contributed by atoms with Gasteiger partial charge in [0.05, 0.1) is 6.10 Å². The Labute approximate surface area is 100 Å². The van der Waals surface area contributed by atoms with E-state index < -0.39 is 0 Å². The van der Waals surface area contributed by atoms with Crippen LogP contribution in [0.1, 0.15) is 56.2 Å². The van der Waals surface area contributed by atoms with Crippen molar-refractivity contribution in [1.82, 2.24) is 10.1 Å². The Morgan fingerprint density at radius 1 is 1.35 bits per heavy atom. The Kier molecular flexibility index (Phi) is 2.67. The number of rotatable bonds is 3. The maximum atomic E-state index is 9.28. The number of nitrogens with zero attached hydrogens (tertiary/aromatic N) is 2. The van der Waals surface area contributed by atoms with E-state index in [1.165, 1.54) is 0 Å². The molecule has 0 unspecified atom stereocenters. The largest absolute Gasteiger partial charge is 0.393 e. The van der Waals surface area contributed by atoms with Gasteiger partial charge < -0.3 is 14.4 Å². The van der Waals surface area contributed by atoms with Crippen molar-refractivity contribution < 1.29 is 14.4 Å². The second-order valence-corrected chi connectivity index (χ2v) is 5.18. The van der Waals surface area contributed by atoms with E-state index in [1.807, 2.05) is 0 Å². The van der Waals surface area contributed by atoms with Crippen LogP contribution in [0, 0.1) is 0 Å². The van der Waals surface area contributed by atoms with Crippen molar-refractivity contribution >= 4 is 0 Å². The molecule has 0 spiro atoms. The van der Waals surface area contributed by atoms with Gasteiger partial charge in [-0.2, -0.15) is 4.98 Å². The molecule has 5 nitrogen and oxygen atoms in total. The molecule has 1 aromatic heterocycles. The predicted molar refractivity (Wildman–Crippen MR) is 59.4 cm³/mol. The van der Waals surface area contributed by atoms with E-state index in [4.69, 9.17) is 9.26 Å². The third-order valence-electron chi connectivity index (χ3n) is 4.11. The molecule has 2 aliphatic carbocycles. The predicted octanol–water partition coefficient (Wildman–Crippen LogP) is 1.72. The molecule has 0 atom stereocenters. The molecule has 1 heterocycles. The Balaban J connectivity index is 1.79. The standard InChI is InChI=1S/C12H18N2O3/c1-16-12(4-2-3-5-12)11-13-10(17-14-11)8-6-9(15)7-8/h8-9,15H,2-7H2,1H3. The van der Waals surface area contributed by atoms with Gasteiger partial charge in [-0.1, -0.05) is 5.16 Å². The number of aliphatic hydroxyl groups excluding tert-OH is 1. The molecule has 0 aromatic carbocycles. The van der Waals surface area contributed by atoms with Crippen LogP contribution in [0.2, 0.25) is 0 Å². The summed E-state index contributed by atoms with van der Waals surface area (Å²) in [5.74, 6) is 1.59. The van der Waals surface area contributed by atoms with E-state index in [0.29, 0.717) is 11.7 Å². The highest BCUT2D eigenvalue weighted by Gasteiger charge is 2.41. The smallest absolute Gasteiger partial charge is 0.230 e. The van der Waals surface area contributed by atoms with Crippen molar-refractivity contribution in [3.8, 4) is 0 Å². The van der Waals surface area contributed by atoms with Crippen molar-refractivity contribution in [3.05, 3.63) is 11.7 Å². The van der Waals surface area contributed by atoms with Crippen LogP contribution in [-0.4, -0.2) is 28.5 Å². The lowest BCUT2D eigenvalue weighted by atomic mass is 9.82. The molecular formula is C12H18N2O3. The maximum Gasteiger partial charge on any atom is 0.230 e. The first-order valence-electron chi connectivity index (χ1n) is 6.31. The SMILES string of the molecule is COC1(c2noc(C3CC(O)C3)n2)CCCC1. The van der Waals surface area contributed by atoms with Crippen molar-refractivity contribution in [1.29, 1.82) is 0 Å². The molecule has 2 fully saturated rings. The first-order valence-corrected chi connectivity index (χ1v) is 6.31. The molecule has 17 heavy (non-hydrogen) atoms. The van der Waals surface area contributed by atoms with Gasteiger partial charge in [-0.25, -0.2) is 0 Å². The van der Waals surface area contributed by atoms with Crippen LogP contribution in [0.4, 0.5) is 0 Å². The lowest BCUT2D eigenvalue weighted by molar-refractivity contribution is -0.0178. The number of hydrogen-bond donors (Lipinski definition) is 1. The van der Waals surface area contributed by atoms with E-state index in [0.717, 1.165) is 38.5 Å². The van der Waals surface area contributed by atoms with Gasteiger partial charge in [-0.15, -0.1) is 0 Å². The van der Waals surface area contributed by atoms with Crippen LogP contribution in [-0.2, 0) is 10.3 Å². The zero-order valence-corrected chi connectivity index (χ0v) is 10.1. The highest BCUT2D eigenvalue weighted by Crippen LogP contribution is 2.42. The fourth-order valence-electron chi connectivity index (χ4n) is 2.84. The second-order valence-electron chi connectivity index (χ2n) is 5.18. The summed E-state index contributed by atoms with van der Waals surface area (Å²) in [5.41, 5.74) is -0.329. The zero-order valence-electron chi connectivity index (χ0n) is 10.1. The summed E-state index contributed by atoms with van der Waals surface area (Å²) in [6.07, 6.45) is 5.52. The molecule has 94 valence electrons. The zero-order chi connectivity index (χ0) is 11.9. The normalized spacial score (nSPS) is 31.4. The lowest BCUT2D eigenvalue weighted by Gasteiger charge is -2.28. The van der Waals surface area contributed by atoms with Gasteiger partial charge in [0.25, 0.3) is 0 Å². The fraction of sp³-hybridized carbons (Fsp3) is 0.833. The fourth-order valence-corrected chi connectivity index (χ4v) is 2.84. The molecule has 2 aliphatic rings. The van der Waals surface area contributed by atoms with E-state index in [2.05, 4.69) is 10.1 Å². The highest BCUT2D eigenvalue weighted by molar-refractivity contribution is 5.08. The Morgan fingerprint density at radius 2 is 2.06 bits per heavy atom. The summed E-state index contributed by atoms with van der Waals surface area (Å²) in [7, 11) is 1.72. The van der Waals surface area contributed by atoms with E-state index >= 15 is 0 Å². The molecule has 1 aromatic rings. The first-order chi connectivity index (χ1) is 8.23. The number of aliphatic hydroxyl groups is 1. The monoisotopic (exact) mass is 238 g/mol. The van der Waals surface area contributed by atoms with E-state index in [-0.39, 0.29) is 17.6 Å². The molecule has 0 amide bonds.